The lowest BCUT2D eigenvalue weighted by Crippen LogP contribution is -2.46. The van der Waals surface area contributed by atoms with Crippen molar-refractivity contribution in [1.82, 2.24) is 5.32 Å². The second-order valence-electron chi connectivity index (χ2n) is 9.26. The van der Waals surface area contributed by atoms with Crippen LogP contribution in [0.1, 0.15) is 16.7 Å². The van der Waals surface area contributed by atoms with Crippen LogP contribution in [0.25, 0.3) is 0 Å². The molecule has 1 aliphatic rings. The molecule has 0 aliphatic carbocycles. The highest BCUT2D eigenvalue weighted by Gasteiger charge is 2.36. The molecular formula is C30H24ClF3N4O6. The van der Waals surface area contributed by atoms with Gasteiger partial charge in [0.05, 0.1) is 22.6 Å². The van der Waals surface area contributed by atoms with Crippen LogP contribution >= 0.6 is 11.6 Å². The molecule has 0 bridgehead atoms. The second kappa shape index (κ2) is 13.9. The number of hydrogen-bond acceptors (Lipinski definition) is 6. The first-order valence-electron chi connectivity index (χ1n) is 12.9. The molecule has 0 spiro atoms. The van der Waals surface area contributed by atoms with Gasteiger partial charge in [0.15, 0.2) is 6.04 Å². The van der Waals surface area contributed by atoms with Crippen molar-refractivity contribution in [2.45, 2.75) is 12.2 Å². The number of para-hydroxylation sites is 1. The largest absolute Gasteiger partial charge is 0.478 e. The molecule has 0 unspecified atom stereocenters. The quantitative estimate of drug-likeness (QED) is 0.288. The van der Waals surface area contributed by atoms with E-state index in [2.05, 4.69) is 10.3 Å². The maximum atomic E-state index is 13.8. The van der Waals surface area contributed by atoms with E-state index >= 15 is 0 Å². The molecule has 228 valence electrons. The highest BCUT2D eigenvalue weighted by Crippen LogP contribution is 2.36. The first kappa shape index (κ1) is 31.8. The topological polar surface area (TPSA) is 137 Å². The lowest BCUT2D eigenvalue weighted by molar-refractivity contribution is -0.137. The average Bonchev–Trinajstić information content (AvgIpc) is 3.09. The number of benzodiazepines with no additional fused rings is 1. The zero-order valence-corrected chi connectivity index (χ0v) is 23.4. The third kappa shape index (κ3) is 8.01. The number of carboxylic acid groups (broad SMARTS) is 1. The number of aliphatic imine (C=N–C) groups is 1. The standard InChI is InChI=1S/C30H24ClF3N4O6/c31-19-12-13-22(21(15-19)30(32,33)34)37-29(43)44-17-23-28(42)38(16-25(39)35-14-6-11-26(40)41)24-10-5-4-9-20(24)27(36-23)18-7-2-1-3-8-18/h1-13,15,23H,14,16-17H2,(H,35,39)(H,37,43)(H,40,41)/b11-6+/t23-/m1/s1. The minimum absolute atomic E-state index is 0.113. The van der Waals surface area contributed by atoms with Gasteiger partial charge in [-0.15, -0.1) is 0 Å². The third-order valence-corrected chi connectivity index (χ3v) is 6.44. The van der Waals surface area contributed by atoms with Crippen molar-refractivity contribution < 1.29 is 42.2 Å². The Kier molecular flexibility index (Phi) is 10.0. The Labute approximate surface area is 253 Å². The summed E-state index contributed by atoms with van der Waals surface area (Å²) < 4.78 is 45.6. The molecular weight excluding hydrogens is 605 g/mol. The van der Waals surface area contributed by atoms with E-state index in [9.17, 15) is 32.3 Å². The van der Waals surface area contributed by atoms with Crippen LogP contribution in [0.4, 0.5) is 29.3 Å². The molecule has 1 heterocycles. The number of anilines is 2. The highest BCUT2D eigenvalue weighted by molar-refractivity contribution is 6.30. The Balaban J connectivity index is 1.62. The average molecular weight is 629 g/mol. The molecule has 0 saturated heterocycles. The Morgan fingerprint density at radius 2 is 1.75 bits per heavy atom. The lowest BCUT2D eigenvalue weighted by atomic mass is 10.0. The molecule has 3 N–H and O–H groups in total. The molecule has 3 amide bonds. The lowest BCUT2D eigenvalue weighted by Gasteiger charge is -2.24. The molecule has 4 rings (SSSR count). The summed E-state index contributed by atoms with van der Waals surface area (Å²) in [6, 6.07) is 16.9. The summed E-state index contributed by atoms with van der Waals surface area (Å²) in [5.41, 5.74) is 0.00182. The minimum Gasteiger partial charge on any atom is -0.478 e. The normalized spacial score (nSPS) is 14.8. The van der Waals surface area contributed by atoms with E-state index in [1.165, 1.54) is 6.08 Å². The van der Waals surface area contributed by atoms with E-state index < -0.39 is 60.5 Å². The predicted octanol–water partition coefficient (Wildman–Crippen LogP) is 4.92. The third-order valence-electron chi connectivity index (χ3n) is 6.21. The number of rotatable bonds is 9. The summed E-state index contributed by atoms with van der Waals surface area (Å²) in [5.74, 6) is -2.54. The monoisotopic (exact) mass is 628 g/mol. The molecule has 0 aromatic heterocycles. The Morgan fingerprint density at radius 1 is 1.05 bits per heavy atom. The van der Waals surface area contributed by atoms with Crippen LogP contribution in [0.3, 0.4) is 0 Å². The van der Waals surface area contributed by atoms with Crippen molar-refractivity contribution in [3.05, 3.63) is 107 Å². The van der Waals surface area contributed by atoms with E-state index in [4.69, 9.17) is 21.4 Å². The van der Waals surface area contributed by atoms with Gasteiger partial charge in [-0.05, 0) is 24.3 Å². The molecule has 1 aliphatic heterocycles. The number of ether oxygens (including phenoxy) is 1. The maximum absolute atomic E-state index is 13.8. The van der Waals surface area contributed by atoms with Crippen molar-refractivity contribution in [3.8, 4) is 0 Å². The zero-order valence-electron chi connectivity index (χ0n) is 22.7. The zero-order chi connectivity index (χ0) is 31.9. The molecule has 3 aromatic carbocycles. The summed E-state index contributed by atoms with van der Waals surface area (Å²) >= 11 is 5.70. The van der Waals surface area contributed by atoms with Crippen molar-refractivity contribution in [2.75, 3.05) is 29.9 Å². The number of carboxylic acids is 1. The van der Waals surface area contributed by atoms with Crippen LogP contribution in [0.2, 0.25) is 5.02 Å². The number of halogens is 4. The van der Waals surface area contributed by atoms with E-state index in [0.717, 1.165) is 23.1 Å². The van der Waals surface area contributed by atoms with Gasteiger partial charge in [-0.1, -0.05) is 66.2 Å². The SMILES string of the molecule is O=C(O)/C=C/CNC(=O)CN1C(=O)[C@@H](COC(=O)Nc2ccc(Cl)cc2C(F)(F)F)N=C(c2ccccc2)c2ccccc21. The van der Waals surface area contributed by atoms with E-state index in [1.54, 1.807) is 54.6 Å². The van der Waals surface area contributed by atoms with Gasteiger partial charge in [0.2, 0.25) is 5.91 Å². The molecule has 14 heteroatoms. The van der Waals surface area contributed by atoms with E-state index in [0.29, 0.717) is 28.6 Å². The molecule has 0 saturated carbocycles. The van der Waals surface area contributed by atoms with Crippen LogP contribution in [0.15, 0.2) is 89.9 Å². The minimum atomic E-state index is -4.82. The second-order valence-corrected chi connectivity index (χ2v) is 9.69. The number of hydrogen-bond donors (Lipinski definition) is 3. The number of carbonyl (C=O) groups excluding carboxylic acids is 3. The predicted molar refractivity (Wildman–Crippen MR) is 156 cm³/mol. The first-order valence-corrected chi connectivity index (χ1v) is 13.3. The van der Waals surface area contributed by atoms with Gasteiger partial charge in [0, 0.05) is 28.8 Å². The van der Waals surface area contributed by atoms with Crippen LogP contribution in [-0.4, -0.2) is 60.4 Å². The summed E-state index contributed by atoms with van der Waals surface area (Å²) in [7, 11) is 0. The fourth-order valence-electron chi connectivity index (χ4n) is 4.28. The number of benzene rings is 3. The summed E-state index contributed by atoms with van der Waals surface area (Å²) in [6.45, 7) is -1.28. The van der Waals surface area contributed by atoms with Gasteiger partial charge < -0.3 is 20.1 Å². The van der Waals surface area contributed by atoms with Gasteiger partial charge in [-0.25, -0.2) is 9.59 Å². The first-order chi connectivity index (χ1) is 20.9. The van der Waals surface area contributed by atoms with Crippen LogP contribution in [-0.2, 0) is 25.3 Å². The number of amides is 3. The van der Waals surface area contributed by atoms with Crippen molar-refractivity contribution >= 4 is 52.6 Å². The molecule has 10 nitrogen and oxygen atoms in total. The Hall–Kier alpha value is -5.17. The number of nitrogens with one attached hydrogen (secondary N) is 2. The van der Waals surface area contributed by atoms with E-state index in [1.807, 2.05) is 5.32 Å². The molecule has 1 atom stereocenters. The summed E-state index contributed by atoms with van der Waals surface area (Å²) in [6.07, 6.45) is -4.03. The van der Waals surface area contributed by atoms with Gasteiger partial charge in [-0.2, -0.15) is 13.2 Å². The van der Waals surface area contributed by atoms with Crippen LogP contribution < -0.4 is 15.5 Å². The molecule has 44 heavy (non-hydrogen) atoms. The fraction of sp³-hybridized carbons (Fsp3) is 0.167. The van der Waals surface area contributed by atoms with Gasteiger partial charge in [-0.3, -0.25) is 19.9 Å². The maximum Gasteiger partial charge on any atom is 0.418 e. The molecule has 0 radical (unpaired) electrons. The molecule has 3 aromatic rings. The van der Waals surface area contributed by atoms with Gasteiger partial charge in [0.1, 0.15) is 13.2 Å². The number of carbonyl (C=O) groups is 4. The van der Waals surface area contributed by atoms with Crippen molar-refractivity contribution in [1.29, 1.82) is 0 Å². The highest BCUT2D eigenvalue weighted by atomic mass is 35.5. The fourth-order valence-corrected chi connectivity index (χ4v) is 4.45. The van der Waals surface area contributed by atoms with E-state index in [-0.39, 0.29) is 11.6 Å². The van der Waals surface area contributed by atoms with Crippen molar-refractivity contribution in [3.63, 3.8) is 0 Å². The van der Waals surface area contributed by atoms with Crippen LogP contribution in [0.5, 0.6) is 0 Å². The van der Waals surface area contributed by atoms with Crippen LogP contribution in [0, 0.1) is 0 Å². The number of fused-ring (bicyclic) bond motifs is 1. The number of alkyl halides is 3. The van der Waals surface area contributed by atoms with Gasteiger partial charge >= 0.3 is 18.2 Å². The molecule has 0 fully saturated rings. The Morgan fingerprint density at radius 3 is 2.45 bits per heavy atom. The number of aliphatic carboxylic acids is 1. The van der Waals surface area contributed by atoms with Crippen molar-refractivity contribution in [2.24, 2.45) is 4.99 Å². The summed E-state index contributed by atoms with van der Waals surface area (Å²) in [4.78, 5) is 55.6. The Bertz CT molecular complexity index is 1630. The number of nitrogens with zero attached hydrogens (tertiary/aromatic N) is 2. The smallest absolute Gasteiger partial charge is 0.418 e. The summed E-state index contributed by atoms with van der Waals surface area (Å²) in [5, 5.41) is 13.1. The van der Waals surface area contributed by atoms with Gasteiger partial charge in [0.25, 0.3) is 5.91 Å².